The van der Waals surface area contributed by atoms with E-state index in [1.807, 2.05) is 0 Å². The highest BCUT2D eigenvalue weighted by atomic mass is 32.2. The third-order valence-electron chi connectivity index (χ3n) is 3.97. The first-order chi connectivity index (χ1) is 13.8. The molecule has 0 saturated heterocycles. The van der Waals surface area contributed by atoms with E-state index in [0.29, 0.717) is 21.9 Å². The van der Waals surface area contributed by atoms with E-state index in [4.69, 9.17) is 4.74 Å². The third kappa shape index (κ3) is 4.80. The Labute approximate surface area is 168 Å². The number of halogens is 3. The first-order valence-electron chi connectivity index (χ1n) is 8.26. The summed E-state index contributed by atoms with van der Waals surface area (Å²) in [7, 11) is 1.42. The molecule has 1 heterocycles. The smallest absolute Gasteiger partial charge is 0.416 e. The molecule has 0 aliphatic heterocycles. The maximum absolute atomic E-state index is 13.2. The zero-order valence-electron chi connectivity index (χ0n) is 15.0. The molecule has 9 heteroatoms. The van der Waals surface area contributed by atoms with Gasteiger partial charge in [0.1, 0.15) is 5.75 Å². The predicted octanol–water partition coefficient (Wildman–Crippen LogP) is 5.59. The number of aromatic carboxylic acids is 1. The van der Waals surface area contributed by atoms with Crippen molar-refractivity contribution in [2.24, 2.45) is 0 Å². The fourth-order valence-corrected chi connectivity index (χ4v) is 3.38. The summed E-state index contributed by atoms with van der Waals surface area (Å²) in [5, 5.41) is 9.17. The number of hydrogen-bond donors (Lipinski definition) is 2. The Morgan fingerprint density at radius 1 is 1.14 bits per heavy atom. The zero-order valence-corrected chi connectivity index (χ0v) is 15.8. The molecule has 3 aromatic rings. The Morgan fingerprint density at radius 3 is 2.55 bits per heavy atom. The first kappa shape index (κ1) is 20.5. The highest BCUT2D eigenvalue weighted by molar-refractivity contribution is 8.00. The molecule has 0 aliphatic rings. The molecule has 0 saturated carbocycles. The fraction of sp³-hybridized carbons (Fsp3) is 0.100. The summed E-state index contributed by atoms with van der Waals surface area (Å²) >= 11 is 0.951. The lowest BCUT2D eigenvalue weighted by Crippen LogP contribution is -2.06. The van der Waals surface area contributed by atoms with Crippen LogP contribution in [0, 0.1) is 0 Å². The minimum absolute atomic E-state index is 0.0316. The quantitative estimate of drug-likeness (QED) is 0.507. The summed E-state index contributed by atoms with van der Waals surface area (Å²) in [5.41, 5.74) is 0.372. The van der Waals surface area contributed by atoms with Crippen LogP contribution in [0.3, 0.4) is 0 Å². The number of carbonyl (C=O) groups is 1. The molecule has 0 spiro atoms. The van der Waals surface area contributed by atoms with Gasteiger partial charge in [-0.15, -0.1) is 0 Å². The SMILES string of the molecule is COc1ccc(C(=O)O)cc1SNc1cc(C(F)(F)F)ccc1-c1ccccn1. The Hall–Kier alpha value is -3.20. The molecule has 0 bridgehead atoms. The minimum atomic E-state index is -4.51. The monoisotopic (exact) mass is 420 g/mol. The van der Waals surface area contributed by atoms with Crippen LogP contribution in [0.25, 0.3) is 11.3 Å². The summed E-state index contributed by atoms with van der Waals surface area (Å²) in [6, 6.07) is 12.7. The number of carboxylic acid groups (broad SMARTS) is 1. The van der Waals surface area contributed by atoms with Crippen LogP contribution in [0.4, 0.5) is 18.9 Å². The summed E-state index contributed by atoms with van der Waals surface area (Å²) in [5.74, 6) is -0.735. The van der Waals surface area contributed by atoms with Gasteiger partial charge >= 0.3 is 12.1 Å². The summed E-state index contributed by atoms with van der Waals surface area (Å²) in [4.78, 5) is 15.8. The molecule has 0 unspecified atom stereocenters. The molecule has 0 aliphatic carbocycles. The van der Waals surface area contributed by atoms with Gasteiger partial charge in [0, 0.05) is 11.8 Å². The zero-order chi connectivity index (χ0) is 21.0. The molecule has 29 heavy (non-hydrogen) atoms. The number of ether oxygens (including phenoxy) is 1. The van der Waals surface area contributed by atoms with Crippen LogP contribution in [-0.4, -0.2) is 23.2 Å². The maximum atomic E-state index is 13.2. The second-order valence-electron chi connectivity index (χ2n) is 5.85. The van der Waals surface area contributed by atoms with Crippen LogP contribution in [0.5, 0.6) is 5.75 Å². The average Bonchev–Trinajstić information content (AvgIpc) is 2.71. The minimum Gasteiger partial charge on any atom is -0.496 e. The van der Waals surface area contributed by atoms with Crippen molar-refractivity contribution in [2.45, 2.75) is 11.1 Å². The Kier molecular flexibility index (Phi) is 5.97. The summed E-state index contributed by atoms with van der Waals surface area (Å²) < 4.78 is 47.7. The number of methoxy groups -OCH3 is 1. The number of anilines is 1. The van der Waals surface area contributed by atoms with Gasteiger partial charge < -0.3 is 14.6 Å². The van der Waals surface area contributed by atoms with Crippen LogP contribution in [0.15, 0.2) is 65.7 Å². The van der Waals surface area contributed by atoms with Crippen molar-refractivity contribution < 1.29 is 27.8 Å². The van der Waals surface area contributed by atoms with E-state index in [9.17, 15) is 23.1 Å². The Bertz CT molecular complexity index is 1030. The molecular formula is C20H15F3N2O3S. The van der Waals surface area contributed by atoms with E-state index in [1.54, 1.807) is 24.4 Å². The van der Waals surface area contributed by atoms with E-state index >= 15 is 0 Å². The summed E-state index contributed by atoms with van der Waals surface area (Å²) in [6.07, 6.45) is -2.96. The molecule has 0 fully saturated rings. The largest absolute Gasteiger partial charge is 0.496 e. The van der Waals surface area contributed by atoms with Crippen LogP contribution >= 0.6 is 11.9 Å². The normalized spacial score (nSPS) is 11.2. The van der Waals surface area contributed by atoms with Crippen molar-refractivity contribution in [2.75, 3.05) is 11.8 Å². The van der Waals surface area contributed by atoms with E-state index < -0.39 is 17.7 Å². The molecule has 2 aromatic carbocycles. The lowest BCUT2D eigenvalue weighted by atomic mass is 10.1. The van der Waals surface area contributed by atoms with Crippen LogP contribution in [0.1, 0.15) is 15.9 Å². The number of hydrogen-bond acceptors (Lipinski definition) is 5. The van der Waals surface area contributed by atoms with E-state index in [0.717, 1.165) is 24.1 Å². The standard InChI is InChI=1S/C20H15F3N2O3S/c1-28-17-8-5-12(19(26)27)10-18(17)29-25-16-11-13(20(21,22)23)6-7-14(16)15-4-2-3-9-24-15/h2-11,25H,1H3,(H,26,27). The van der Waals surface area contributed by atoms with Gasteiger partial charge in [-0.1, -0.05) is 12.1 Å². The van der Waals surface area contributed by atoms with E-state index in [1.165, 1.54) is 31.4 Å². The molecule has 3 rings (SSSR count). The molecule has 1 aromatic heterocycles. The summed E-state index contributed by atoms with van der Waals surface area (Å²) in [6.45, 7) is 0. The second kappa shape index (κ2) is 8.44. The van der Waals surface area contributed by atoms with Gasteiger partial charge in [0.15, 0.2) is 0 Å². The fourth-order valence-electron chi connectivity index (χ4n) is 2.55. The molecule has 150 valence electrons. The number of aromatic nitrogens is 1. The average molecular weight is 420 g/mol. The number of nitrogens with zero attached hydrogens (tertiary/aromatic N) is 1. The Morgan fingerprint density at radius 2 is 1.93 bits per heavy atom. The van der Waals surface area contributed by atoms with Crippen molar-refractivity contribution in [1.29, 1.82) is 0 Å². The van der Waals surface area contributed by atoms with Crippen molar-refractivity contribution >= 4 is 23.6 Å². The van der Waals surface area contributed by atoms with Gasteiger partial charge in [-0.25, -0.2) is 4.79 Å². The molecule has 0 radical (unpaired) electrons. The number of carboxylic acids is 1. The Balaban J connectivity index is 1.99. The highest BCUT2D eigenvalue weighted by Gasteiger charge is 2.31. The lowest BCUT2D eigenvalue weighted by molar-refractivity contribution is -0.137. The molecule has 0 amide bonds. The van der Waals surface area contributed by atoms with Gasteiger partial charge in [-0.2, -0.15) is 13.2 Å². The molecule has 0 atom stereocenters. The van der Waals surface area contributed by atoms with Crippen LogP contribution in [0.2, 0.25) is 0 Å². The second-order valence-corrected chi connectivity index (χ2v) is 6.70. The lowest BCUT2D eigenvalue weighted by Gasteiger charge is -2.16. The van der Waals surface area contributed by atoms with Crippen molar-refractivity contribution in [3.8, 4) is 17.0 Å². The molecule has 5 nitrogen and oxygen atoms in total. The molecule has 2 N–H and O–H groups in total. The van der Waals surface area contributed by atoms with Gasteiger partial charge in [-0.3, -0.25) is 4.98 Å². The number of benzene rings is 2. The van der Waals surface area contributed by atoms with Gasteiger partial charge in [0.25, 0.3) is 0 Å². The third-order valence-corrected chi connectivity index (χ3v) is 4.83. The number of alkyl halides is 3. The predicted molar refractivity (Wildman–Crippen MR) is 104 cm³/mol. The van der Waals surface area contributed by atoms with Crippen LogP contribution < -0.4 is 9.46 Å². The topological polar surface area (TPSA) is 71.5 Å². The van der Waals surface area contributed by atoms with E-state index in [2.05, 4.69) is 9.71 Å². The first-order valence-corrected chi connectivity index (χ1v) is 9.08. The van der Waals surface area contributed by atoms with Gasteiger partial charge in [0.2, 0.25) is 0 Å². The number of nitrogens with one attached hydrogen (secondary N) is 1. The van der Waals surface area contributed by atoms with Crippen LogP contribution in [-0.2, 0) is 6.18 Å². The van der Waals surface area contributed by atoms with Crippen molar-refractivity contribution in [3.63, 3.8) is 0 Å². The van der Waals surface area contributed by atoms with Crippen molar-refractivity contribution in [3.05, 3.63) is 71.9 Å². The van der Waals surface area contributed by atoms with Gasteiger partial charge in [-0.05, 0) is 54.4 Å². The highest BCUT2D eigenvalue weighted by Crippen LogP contribution is 2.38. The van der Waals surface area contributed by atoms with E-state index in [-0.39, 0.29) is 11.3 Å². The molecular weight excluding hydrogens is 405 g/mol. The number of rotatable bonds is 6. The number of pyridine rings is 1. The van der Waals surface area contributed by atoms with Crippen molar-refractivity contribution in [1.82, 2.24) is 4.98 Å². The van der Waals surface area contributed by atoms with Gasteiger partial charge in [0.05, 0.1) is 34.5 Å². The maximum Gasteiger partial charge on any atom is 0.416 e.